The number of rotatable bonds is 2. The highest BCUT2D eigenvalue weighted by atomic mass is 32.1. The van der Waals surface area contributed by atoms with E-state index in [1.54, 1.807) is 0 Å². The van der Waals surface area contributed by atoms with Crippen molar-refractivity contribution >= 4 is 12.2 Å². The van der Waals surface area contributed by atoms with Crippen LogP contribution in [-0.2, 0) is 11.8 Å². The van der Waals surface area contributed by atoms with Crippen LogP contribution in [0.2, 0.25) is 0 Å². The molecule has 0 bridgehead atoms. The van der Waals surface area contributed by atoms with Crippen LogP contribution < -0.4 is 0 Å². The van der Waals surface area contributed by atoms with E-state index in [9.17, 15) is 0 Å². The molecule has 0 aliphatic carbocycles. The zero-order valence-corrected chi connectivity index (χ0v) is 12.3. The topological polar surface area (TPSA) is 20.7 Å². The molecule has 2 nitrogen and oxygen atoms in total. The predicted molar refractivity (Wildman–Crippen MR) is 79.0 cm³/mol. The molecular formula is C15H20N2S. The van der Waals surface area contributed by atoms with Gasteiger partial charge in [0.15, 0.2) is 4.77 Å². The van der Waals surface area contributed by atoms with E-state index in [1.807, 2.05) is 6.20 Å². The summed E-state index contributed by atoms with van der Waals surface area (Å²) >= 11 is 5.41. The Morgan fingerprint density at radius 3 is 2.61 bits per heavy atom. The Hall–Kier alpha value is -1.35. The number of aryl methyl sites for hydroxylation is 1. The lowest BCUT2D eigenvalue weighted by atomic mass is 9.92. The van der Waals surface area contributed by atoms with Gasteiger partial charge < -0.3 is 4.98 Å². The number of imidazole rings is 1. The zero-order chi connectivity index (χ0) is 13.3. The third-order valence-corrected chi connectivity index (χ3v) is 3.42. The lowest BCUT2D eigenvalue weighted by molar-refractivity contribution is 0.555. The fraction of sp³-hybridized carbons (Fsp3) is 0.400. The van der Waals surface area contributed by atoms with E-state index in [4.69, 9.17) is 12.2 Å². The average Bonchev–Trinajstić information content (AvgIpc) is 2.71. The molecule has 0 unspecified atom stereocenters. The minimum atomic E-state index is 0.0653. The van der Waals surface area contributed by atoms with Crippen molar-refractivity contribution in [2.24, 2.45) is 0 Å². The molecule has 0 fully saturated rings. The molecule has 18 heavy (non-hydrogen) atoms. The molecule has 1 N–H and O–H groups in total. The summed E-state index contributed by atoms with van der Waals surface area (Å²) in [7, 11) is 0. The molecule has 0 spiro atoms. The molecule has 0 amide bonds. The lowest BCUT2D eigenvalue weighted by Crippen LogP contribution is -2.16. The van der Waals surface area contributed by atoms with Crippen molar-refractivity contribution in [2.75, 3.05) is 0 Å². The van der Waals surface area contributed by atoms with Gasteiger partial charge in [-0.3, -0.25) is 4.57 Å². The summed E-state index contributed by atoms with van der Waals surface area (Å²) in [6, 6.07) is 8.56. The van der Waals surface area contributed by atoms with Crippen LogP contribution in [0.3, 0.4) is 0 Å². The summed E-state index contributed by atoms with van der Waals surface area (Å²) in [6.07, 6.45) is 3.05. The highest BCUT2D eigenvalue weighted by Crippen LogP contribution is 2.25. The molecular weight excluding hydrogens is 240 g/mol. The number of hydrogen-bond acceptors (Lipinski definition) is 1. The molecule has 0 atom stereocenters. The van der Waals surface area contributed by atoms with Gasteiger partial charge in [-0.1, -0.05) is 39.8 Å². The van der Waals surface area contributed by atoms with Crippen molar-refractivity contribution in [3.05, 3.63) is 46.5 Å². The number of aromatic amines is 1. The van der Waals surface area contributed by atoms with E-state index < -0.39 is 0 Å². The van der Waals surface area contributed by atoms with Crippen molar-refractivity contribution in [3.63, 3.8) is 0 Å². The van der Waals surface area contributed by atoms with Crippen LogP contribution in [0.4, 0.5) is 0 Å². The van der Waals surface area contributed by atoms with Gasteiger partial charge in [-0.15, -0.1) is 0 Å². The standard InChI is InChI=1S/C15H20N2S/c1-5-11-7-6-8-12(9-11)17-13(15(2,3)4)10-16-14(17)18/h6-10H,5H2,1-4H3,(H,16,18). The highest BCUT2D eigenvalue weighted by molar-refractivity contribution is 7.71. The Morgan fingerprint density at radius 2 is 2.00 bits per heavy atom. The predicted octanol–water partition coefficient (Wildman–Crippen LogP) is 4.39. The van der Waals surface area contributed by atoms with Gasteiger partial charge >= 0.3 is 0 Å². The van der Waals surface area contributed by atoms with Gasteiger partial charge in [-0.05, 0) is 36.3 Å². The van der Waals surface area contributed by atoms with Crippen LogP contribution >= 0.6 is 12.2 Å². The van der Waals surface area contributed by atoms with E-state index in [1.165, 1.54) is 11.3 Å². The number of nitrogens with zero attached hydrogens (tertiary/aromatic N) is 1. The lowest BCUT2D eigenvalue weighted by Gasteiger charge is -2.21. The van der Waals surface area contributed by atoms with E-state index in [-0.39, 0.29) is 5.41 Å². The van der Waals surface area contributed by atoms with Crippen molar-refractivity contribution in [2.45, 2.75) is 39.5 Å². The smallest absolute Gasteiger partial charge is 0.182 e. The Kier molecular flexibility index (Phi) is 3.44. The number of nitrogens with one attached hydrogen (secondary N) is 1. The summed E-state index contributed by atoms with van der Waals surface area (Å²) in [6.45, 7) is 8.77. The molecule has 2 aromatic rings. The van der Waals surface area contributed by atoms with Crippen LogP contribution in [0, 0.1) is 4.77 Å². The van der Waals surface area contributed by atoms with Crippen molar-refractivity contribution in [1.82, 2.24) is 9.55 Å². The zero-order valence-electron chi connectivity index (χ0n) is 11.4. The number of aromatic nitrogens is 2. The minimum absolute atomic E-state index is 0.0653. The van der Waals surface area contributed by atoms with E-state index in [0.29, 0.717) is 0 Å². The normalized spacial score (nSPS) is 11.8. The van der Waals surface area contributed by atoms with Crippen molar-refractivity contribution in [1.29, 1.82) is 0 Å². The van der Waals surface area contributed by atoms with Gasteiger partial charge in [-0.25, -0.2) is 0 Å². The summed E-state index contributed by atoms with van der Waals surface area (Å²) in [5, 5.41) is 0. The number of benzene rings is 1. The fourth-order valence-electron chi connectivity index (χ4n) is 2.09. The molecule has 2 rings (SSSR count). The SMILES string of the molecule is CCc1cccc(-n2c(C(C)(C)C)c[nH]c2=S)c1. The third kappa shape index (κ3) is 2.41. The van der Waals surface area contributed by atoms with E-state index >= 15 is 0 Å². The molecule has 3 heteroatoms. The maximum absolute atomic E-state index is 5.41. The second-order valence-corrected chi connectivity index (χ2v) is 5.97. The number of H-pyrrole nitrogens is 1. The first kappa shape index (κ1) is 13.1. The highest BCUT2D eigenvalue weighted by Gasteiger charge is 2.20. The van der Waals surface area contributed by atoms with Crippen LogP contribution in [0.1, 0.15) is 39.0 Å². The van der Waals surface area contributed by atoms with E-state index in [2.05, 4.69) is 61.5 Å². The van der Waals surface area contributed by atoms with Gasteiger partial charge in [0, 0.05) is 23.0 Å². The molecule has 1 heterocycles. The van der Waals surface area contributed by atoms with E-state index in [0.717, 1.165) is 16.9 Å². The summed E-state index contributed by atoms with van der Waals surface area (Å²) in [5.74, 6) is 0. The van der Waals surface area contributed by atoms with Crippen LogP contribution in [-0.4, -0.2) is 9.55 Å². The van der Waals surface area contributed by atoms with Gasteiger partial charge in [0.25, 0.3) is 0 Å². The first-order valence-electron chi connectivity index (χ1n) is 6.33. The molecule has 0 radical (unpaired) electrons. The molecule has 96 valence electrons. The quantitative estimate of drug-likeness (QED) is 0.794. The summed E-state index contributed by atoms with van der Waals surface area (Å²) in [5.41, 5.74) is 3.75. The van der Waals surface area contributed by atoms with Crippen LogP contribution in [0.15, 0.2) is 30.5 Å². The average molecular weight is 260 g/mol. The third-order valence-electron chi connectivity index (χ3n) is 3.12. The maximum atomic E-state index is 5.41. The summed E-state index contributed by atoms with van der Waals surface area (Å²) < 4.78 is 2.89. The molecule has 0 aliphatic rings. The van der Waals surface area contributed by atoms with Gasteiger partial charge in [0.1, 0.15) is 0 Å². The van der Waals surface area contributed by atoms with Crippen LogP contribution in [0.25, 0.3) is 5.69 Å². The largest absolute Gasteiger partial charge is 0.337 e. The second kappa shape index (κ2) is 4.73. The Morgan fingerprint density at radius 1 is 1.28 bits per heavy atom. The number of hydrogen-bond donors (Lipinski definition) is 1. The minimum Gasteiger partial charge on any atom is -0.337 e. The van der Waals surface area contributed by atoms with Crippen LogP contribution in [0.5, 0.6) is 0 Å². The van der Waals surface area contributed by atoms with Crippen molar-refractivity contribution in [3.8, 4) is 5.69 Å². The second-order valence-electron chi connectivity index (χ2n) is 5.59. The summed E-state index contributed by atoms with van der Waals surface area (Å²) in [4.78, 5) is 3.16. The Bertz CT molecular complexity index is 599. The fourth-order valence-corrected chi connectivity index (χ4v) is 2.36. The first-order valence-corrected chi connectivity index (χ1v) is 6.74. The van der Waals surface area contributed by atoms with Gasteiger partial charge in [-0.2, -0.15) is 0 Å². The van der Waals surface area contributed by atoms with Gasteiger partial charge in [0.05, 0.1) is 0 Å². The molecule has 1 aromatic heterocycles. The van der Waals surface area contributed by atoms with Gasteiger partial charge in [0.2, 0.25) is 0 Å². The maximum Gasteiger partial charge on any atom is 0.182 e. The van der Waals surface area contributed by atoms with Crippen molar-refractivity contribution < 1.29 is 0 Å². The Labute approximate surface area is 114 Å². The molecule has 1 aromatic carbocycles. The molecule has 0 aliphatic heterocycles. The molecule has 0 saturated carbocycles. The monoisotopic (exact) mass is 260 g/mol. The molecule has 0 saturated heterocycles. The Balaban J connectivity index is 2.63. The first-order chi connectivity index (χ1) is 8.43.